The molecule has 0 aromatic heterocycles. The topological polar surface area (TPSA) is 32.7 Å². The number of morpholine rings is 1. The van der Waals surface area contributed by atoms with Gasteiger partial charge in [0.15, 0.2) is 11.6 Å². The average Bonchev–Trinajstić information content (AvgIpc) is 2.31. The van der Waals surface area contributed by atoms with Crippen LogP contribution in [-0.2, 0) is 11.3 Å². The smallest absolute Gasteiger partial charge is 0.172 e. The zero-order valence-electron chi connectivity index (χ0n) is 8.75. The van der Waals surface area contributed by atoms with Crippen LogP contribution in [-0.4, -0.2) is 36.3 Å². The van der Waals surface area contributed by atoms with E-state index >= 15 is 0 Å². The fourth-order valence-corrected chi connectivity index (χ4v) is 1.71. The number of rotatable bonds is 2. The maximum Gasteiger partial charge on any atom is 0.172 e. The van der Waals surface area contributed by atoms with Gasteiger partial charge in [0.05, 0.1) is 13.2 Å². The van der Waals surface area contributed by atoms with Crippen LogP contribution in [0.1, 0.15) is 5.56 Å². The minimum Gasteiger partial charge on any atom is -0.505 e. The Balaban J connectivity index is 2.16. The van der Waals surface area contributed by atoms with E-state index in [1.807, 2.05) is 4.90 Å². The lowest BCUT2D eigenvalue weighted by molar-refractivity contribution is 0.0332. The number of halogens is 2. The number of aromatic hydroxyl groups is 1. The van der Waals surface area contributed by atoms with Gasteiger partial charge in [-0.15, -0.1) is 0 Å². The Morgan fingerprint density at radius 1 is 1.25 bits per heavy atom. The molecular formula is C11H13F2NO2. The molecule has 0 spiro atoms. The third-order valence-electron chi connectivity index (χ3n) is 2.65. The van der Waals surface area contributed by atoms with Gasteiger partial charge in [-0.3, -0.25) is 4.90 Å². The predicted octanol–water partition coefficient (Wildman–Crippen LogP) is 1.50. The third kappa shape index (κ3) is 2.31. The summed E-state index contributed by atoms with van der Waals surface area (Å²) in [6.45, 7) is 2.60. The summed E-state index contributed by atoms with van der Waals surface area (Å²) in [5.41, 5.74) is -0.0816. The Labute approximate surface area is 92.2 Å². The molecule has 3 nitrogen and oxygen atoms in total. The molecular weight excluding hydrogens is 216 g/mol. The van der Waals surface area contributed by atoms with Gasteiger partial charge in [-0.2, -0.15) is 0 Å². The highest BCUT2D eigenvalue weighted by Gasteiger charge is 2.18. The van der Waals surface area contributed by atoms with E-state index < -0.39 is 17.4 Å². The number of hydrogen-bond donors (Lipinski definition) is 1. The number of ether oxygens (including phenoxy) is 1. The van der Waals surface area contributed by atoms with Crippen molar-refractivity contribution in [2.75, 3.05) is 26.3 Å². The number of nitrogens with zero attached hydrogens (tertiary/aromatic N) is 1. The molecule has 2 rings (SSSR count). The molecule has 1 saturated heterocycles. The SMILES string of the molecule is Oc1ccc(F)c(CN2CCOCC2)c1F. The molecule has 16 heavy (non-hydrogen) atoms. The van der Waals surface area contributed by atoms with Gasteiger partial charge in [-0.1, -0.05) is 0 Å². The van der Waals surface area contributed by atoms with Gasteiger partial charge in [0.1, 0.15) is 5.82 Å². The Morgan fingerprint density at radius 2 is 1.94 bits per heavy atom. The van der Waals surface area contributed by atoms with Crippen molar-refractivity contribution in [2.45, 2.75) is 6.54 Å². The molecule has 0 amide bonds. The minimum atomic E-state index is -0.869. The molecule has 5 heteroatoms. The van der Waals surface area contributed by atoms with Crippen LogP contribution in [0, 0.1) is 11.6 Å². The molecule has 1 aliphatic rings. The zero-order chi connectivity index (χ0) is 11.5. The van der Waals surface area contributed by atoms with E-state index in [0.29, 0.717) is 26.3 Å². The zero-order valence-corrected chi connectivity index (χ0v) is 8.75. The second-order valence-electron chi connectivity index (χ2n) is 3.75. The lowest BCUT2D eigenvalue weighted by atomic mass is 10.1. The van der Waals surface area contributed by atoms with Crippen molar-refractivity contribution in [3.63, 3.8) is 0 Å². The first-order valence-corrected chi connectivity index (χ1v) is 5.14. The maximum absolute atomic E-state index is 13.5. The van der Waals surface area contributed by atoms with Gasteiger partial charge in [-0.05, 0) is 12.1 Å². The second kappa shape index (κ2) is 4.76. The monoisotopic (exact) mass is 229 g/mol. The van der Waals surface area contributed by atoms with Gasteiger partial charge < -0.3 is 9.84 Å². The first-order chi connectivity index (χ1) is 7.68. The van der Waals surface area contributed by atoms with E-state index in [1.54, 1.807) is 0 Å². The van der Waals surface area contributed by atoms with Crippen LogP contribution >= 0.6 is 0 Å². The molecule has 88 valence electrons. The first kappa shape index (κ1) is 11.3. The van der Waals surface area contributed by atoms with Crippen molar-refractivity contribution < 1.29 is 18.6 Å². The van der Waals surface area contributed by atoms with E-state index in [0.717, 1.165) is 12.1 Å². The number of phenolic OH excluding ortho intramolecular Hbond substituents is 1. The molecule has 0 saturated carbocycles. The molecule has 0 atom stereocenters. The van der Waals surface area contributed by atoms with Crippen molar-refractivity contribution in [3.05, 3.63) is 29.3 Å². The van der Waals surface area contributed by atoms with Crippen molar-refractivity contribution in [3.8, 4) is 5.75 Å². The van der Waals surface area contributed by atoms with Gasteiger partial charge in [0.25, 0.3) is 0 Å². The highest BCUT2D eigenvalue weighted by molar-refractivity contribution is 5.31. The minimum absolute atomic E-state index is 0.0816. The Hall–Kier alpha value is -1.20. The fourth-order valence-electron chi connectivity index (χ4n) is 1.71. The van der Waals surface area contributed by atoms with Crippen molar-refractivity contribution in [2.24, 2.45) is 0 Å². The molecule has 0 aliphatic carbocycles. The fraction of sp³-hybridized carbons (Fsp3) is 0.455. The summed E-state index contributed by atoms with van der Waals surface area (Å²) in [5, 5.41) is 9.17. The largest absolute Gasteiger partial charge is 0.505 e. The molecule has 1 heterocycles. The van der Waals surface area contributed by atoms with Crippen molar-refractivity contribution >= 4 is 0 Å². The molecule has 1 fully saturated rings. The maximum atomic E-state index is 13.5. The summed E-state index contributed by atoms with van der Waals surface area (Å²) in [7, 11) is 0. The lowest BCUT2D eigenvalue weighted by Crippen LogP contribution is -2.36. The molecule has 0 radical (unpaired) electrons. The lowest BCUT2D eigenvalue weighted by Gasteiger charge is -2.26. The summed E-state index contributed by atoms with van der Waals surface area (Å²) in [4.78, 5) is 1.89. The van der Waals surface area contributed by atoms with Crippen LogP contribution in [0.2, 0.25) is 0 Å². The third-order valence-corrected chi connectivity index (χ3v) is 2.65. The number of phenols is 1. The summed E-state index contributed by atoms with van der Waals surface area (Å²) in [6, 6.07) is 2.10. The Kier molecular flexibility index (Phi) is 3.36. The number of benzene rings is 1. The van der Waals surface area contributed by atoms with Gasteiger partial charge >= 0.3 is 0 Å². The molecule has 0 unspecified atom stereocenters. The van der Waals surface area contributed by atoms with E-state index in [1.165, 1.54) is 0 Å². The Morgan fingerprint density at radius 3 is 2.62 bits per heavy atom. The van der Waals surface area contributed by atoms with Crippen molar-refractivity contribution in [1.29, 1.82) is 0 Å². The van der Waals surface area contributed by atoms with Crippen LogP contribution < -0.4 is 0 Å². The average molecular weight is 229 g/mol. The standard InChI is InChI=1S/C11H13F2NO2/c12-9-1-2-10(15)11(13)8(9)7-14-3-5-16-6-4-14/h1-2,15H,3-7H2. The number of hydrogen-bond acceptors (Lipinski definition) is 3. The normalized spacial score (nSPS) is 17.6. The van der Waals surface area contributed by atoms with Crippen LogP contribution in [0.5, 0.6) is 5.75 Å². The molecule has 1 aromatic rings. The van der Waals surface area contributed by atoms with Crippen LogP contribution in [0.15, 0.2) is 12.1 Å². The quantitative estimate of drug-likeness (QED) is 0.834. The Bertz CT molecular complexity index is 378. The summed E-state index contributed by atoms with van der Waals surface area (Å²) in [5.74, 6) is -2.00. The highest BCUT2D eigenvalue weighted by atomic mass is 19.1. The van der Waals surface area contributed by atoms with Gasteiger partial charge in [0.2, 0.25) is 0 Å². The summed E-state index contributed by atoms with van der Waals surface area (Å²) >= 11 is 0. The van der Waals surface area contributed by atoms with Crippen molar-refractivity contribution in [1.82, 2.24) is 4.90 Å². The second-order valence-corrected chi connectivity index (χ2v) is 3.75. The predicted molar refractivity (Wildman–Crippen MR) is 54.1 cm³/mol. The van der Waals surface area contributed by atoms with Gasteiger partial charge in [0, 0.05) is 25.2 Å². The molecule has 1 N–H and O–H groups in total. The van der Waals surface area contributed by atoms with Crippen LogP contribution in [0.3, 0.4) is 0 Å². The van der Waals surface area contributed by atoms with E-state index in [2.05, 4.69) is 0 Å². The van der Waals surface area contributed by atoms with E-state index in [4.69, 9.17) is 9.84 Å². The molecule has 1 aliphatic heterocycles. The summed E-state index contributed by atoms with van der Waals surface area (Å²) in [6.07, 6.45) is 0. The first-order valence-electron chi connectivity index (χ1n) is 5.14. The van der Waals surface area contributed by atoms with Crippen LogP contribution in [0.4, 0.5) is 8.78 Å². The summed E-state index contributed by atoms with van der Waals surface area (Å²) < 4.78 is 32.0. The van der Waals surface area contributed by atoms with E-state index in [9.17, 15) is 8.78 Å². The van der Waals surface area contributed by atoms with Crippen LogP contribution in [0.25, 0.3) is 0 Å². The molecule has 1 aromatic carbocycles. The highest BCUT2D eigenvalue weighted by Crippen LogP contribution is 2.23. The molecule has 0 bridgehead atoms. The van der Waals surface area contributed by atoms with E-state index in [-0.39, 0.29) is 12.1 Å². The van der Waals surface area contributed by atoms with Gasteiger partial charge in [-0.25, -0.2) is 8.78 Å².